The number of imide groups is 1. The van der Waals surface area contributed by atoms with Crippen LogP contribution in [-0.4, -0.2) is 21.8 Å². The largest absolute Gasteiger partial charge is 0.459 e. The Kier molecular flexibility index (Phi) is 2.97. The standard InChI is InChI=1S/C11H9N3O3/c12-14(11(16)9-2-1-7-17-9)10(15)8-3-5-13-6-4-8/h1-7H,12H2. The summed E-state index contributed by atoms with van der Waals surface area (Å²) >= 11 is 0. The Labute approximate surface area is 96.6 Å². The van der Waals surface area contributed by atoms with Crippen molar-refractivity contribution in [3.63, 3.8) is 0 Å². The molecule has 0 unspecified atom stereocenters. The SMILES string of the molecule is NN(C(=O)c1ccncc1)C(=O)c1ccco1. The Morgan fingerprint density at radius 3 is 2.47 bits per heavy atom. The van der Waals surface area contributed by atoms with E-state index in [9.17, 15) is 9.59 Å². The highest BCUT2D eigenvalue weighted by Gasteiger charge is 2.22. The van der Waals surface area contributed by atoms with Crippen molar-refractivity contribution in [3.05, 3.63) is 54.2 Å². The maximum atomic E-state index is 11.8. The van der Waals surface area contributed by atoms with Gasteiger partial charge in [0, 0.05) is 18.0 Å². The lowest BCUT2D eigenvalue weighted by molar-refractivity contribution is 0.0596. The van der Waals surface area contributed by atoms with Crippen LogP contribution in [0.2, 0.25) is 0 Å². The molecule has 0 bridgehead atoms. The van der Waals surface area contributed by atoms with Gasteiger partial charge in [0.15, 0.2) is 5.76 Å². The Hall–Kier alpha value is -2.47. The van der Waals surface area contributed by atoms with E-state index in [1.807, 2.05) is 0 Å². The van der Waals surface area contributed by atoms with E-state index < -0.39 is 11.8 Å². The van der Waals surface area contributed by atoms with E-state index in [1.54, 1.807) is 0 Å². The van der Waals surface area contributed by atoms with Crippen LogP contribution in [0.4, 0.5) is 0 Å². The first-order valence-corrected chi connectivity index (χ1v) is 4.77. The summed E-state index contributed by atoms with van der Waals surface area (Å²) in [5, 5.41) is 0.508. The van der Waals surface area contributed by atoms with Crippen LogP contribution in [0.5, 0.6) is 0 Å². The van der Waals surface area contributed by atoms with Crippen LogP contribution in [0.25, 0.3) is 0 Å². The monoisotopic (exact) mass is 231 g/mol. The minimum atomic E-state index is -0.697. The summed E-state index contributed by atoms with van der Waals surface area (Å²) in [6.07, 6.45) is 4.22. The molecule has 2 heterocycles. The van der Waals surface area contributed by atoms with Gasteiger partial charge in [-0.1, -0.05) is 0 Å². The van der Waals surface area contributed by atoms with Crippen LogP contribution in [0, 0.1) is 0 Å². The molecule has 0 saturated heterocycles. The van der Waals surface area contributed by atoms with Crippen molar-refractivity contribution in [2.45, 2.75) is 0 Å². The number of nitrogens with two attached hydrogens (primary N) is 1. The predicted molar refractivity (Wildman–Crippen MR) is 57.6 cm³/mol. The van der Waals surface area contributed by atoms with Crippen LogP contribution < -0.4 is 5.84 Å². The molecule has 0 aliphatic carbocycles. The number of furan rings is 1. The average molecular weight is 231 g/mol. The number of hydrogen-bond acceptors (Lipinski definition) is 5. The maximum Gasteiger partial charge on any atom is 0.310 e. The van der Waals surface area contributed by atoms with Gasteiger partial charge >= 0.3 is 5.91 Å². The van der Waals surface area contributed by atoms with E-state index in [4.69, 9.17) is 10.3 Å². The normalized spacial score (nSPS) is 9.94. The maximum absolute atomic E-state index is 11.8. The third kappa shape index (κ3) is 2.21. The van der Waals surface area contributed by atoms with E-state index in [0.29, 0.717) is 5.01 Å². The molecule has 0 fully saturated rings. The van der Waals surface area contributed by atoms with Gasteiger partial charge in [-0.2, -0.15) is 0 Å². The van der Waals surface area contributed by atoms with Gasteiger partial charge < -0.3 is 4.42 Å². The van der Waals surface area contributed by atoms with Gasteiger partial charge in [0.2, 0.25) is 0 Å². The molecule has 86 valence electrons. The first-order chi connectivity index (χ1) is 8.20. The molecule has 2 amide bonds. The Morgan fingerprint density at radius 2 is 1.88 bits per heavy atom. The smallest absolute Gasteiger partial charge is 0.310 e. The molecule has 2 rings (SSSR count). The lowest BCUT2D eigenvalue weighted by atomic mass is 10.2. The van der Waals surface area contributed by atoms with E-state index in [1.165, 1.54) is 42.9 Å². The van der Waals surface area contributed by atoms with E-state index >= 15 is 0 Å². The Balaban J connectivity index is 2.19. The molecule has 6 heteroatoms. The Morgan fingerprint density at radius 1 is 1.18 bits per heavy atom. The summed E-state index contributed by atoms with van der Waals surface area (Å²) in [6, 6.07) is 5.91. The van der Waals surface area contributed by atoms with Gasteiger partial charge in [-0.15, -0.1) is 0 Å². The van der Waals surface area contributed by atoms with Gasteiger partial charge in [-0.25, -0.2) is 10.9 Å². The second kappa shape index (κ2) is 4.58. The van der Waals surface area contributed by atoms with Gasteiger partial charge in [0.1, 0.15) is 0 Å². The average Bonchev–Trinajstić information content (AvgIpc) is 2.91. The molecular formula is C11H9N3O3. The molecule has 2 aromatic heterocycles. The number of pyridine rings is 1. The lowest BCUT2D eigenvalue weighted by Crippen LogP contribution is -2.42. The van der Waals surface area contributed by atoms with Crippen molar-refractivity contribution in [3.8, 4) is 0 Å². The van der Waals surface area contributed by atoms with E-state index in [-0.39, 0.29) is 11.3 Å². The molecular weight excluding hydrogens is 222 g/mol. The molecule has 0 radical (unpaired) electrons. The summed E-state index contributed by atoms with van der Waals surface area (Å²) < 4.78 is 4.87. The number of amides is 2. The molecule has 0 aliphatic heterocycles. The van der Waals surface area contributed by atoms with Crippen molar-refractivity contribution >= 4 is 11.8 Å². The zero-order valence-electron chi connectivity index (χ0n) is 8.74. The molecule has 0 atom stereocenters. The molecule has 17 heavy (non-hydrogen) atoms. The molecule has 0 spiro atoms. The fourth-order valence-electron chi connectivity index (χ4n) is 1.24. The number of nitrogens with zero attached hydrogens (tertiary/aromatic N) is 2. The van der Waals surface area contributed by atoms with Gasteiger partial charge in [-0.3, -0.25) is 14.6 Å². The zero-order valence-corrected chi connectivity index (χ0v) is 8.74. The predicted octanol–water partition coefficient (Wildman–Crippen LogP) is 0.831. The summed E-state index contributed by atoms with van der Waals surface area (Å²) in [5.41, 5.74) is 0.280. The van der Waals surface area contributed by atoms with E-state index in [2.05, 4.69) is 4.98 Å². The summed E-state index contributed by atoms with van der Waals surface area (Å²) in [4.78, 5) is 27.3. The molecule has 0 saturated carbocycles. The van der Waals surface area contributed by atoms with Crippen molar-refractivity contribution in [2.75, 3.05) is 0 Å². The number of hydrogen-bond donors (Lipinski definition) is 1. The lowest BCUT2D eigenvalue weighted by Gasteiger charge is -2.12. The highest BCUT2D eigenvalue weighted by molar-refractivity contribution is 6.08. The molecule has 2 aromatic rings. The van der Waals surface area contributed by atoms with Crippen molar-refractivity contribution in [2.24, 2.45) is 5.84 Å². The second-order valence-corrected chi connectivity index (χ2v) is 3.19. The van der Waals surface area contributed by atoms with Crippen LogP contribution in [0.3, 0.4) is 0 Å². The first kappa shape index (κ1) is 11.0. The van der Waals surface area contributed by atoms with Crippen LogP contribution >= 0.6 is 0 Å². The summed E-state index contributed by atoms with van der Waals surface area (Å²) in [5.74, 6) is 4.13. The fraction of sp³-hybridized carbons (Fsp3) is 0. The molecule has 2 N–H and O–H groups in total. The Bertz CT molecular complexity index is 522. The van der Waals surface area contributed by atoms with Crippen molar-refractivity contribution in [1.82, 2.24) is 9.99 Å². The third-order valence-corrected chi connectivity index (χ3v) is 2.10. The van der Waals surface area contributed by atoms with Crippen LogP contribution in [-0.2, 0) is 0 Å². The van der Waals surface area contributed by atoms with Crippen molar-refractivity contribution < 1.29 is 14.0 Å². The highest BCUT2D eigenvalue weighted by Crippen LogP contribution is 2.06. The first-order valence-electron chi connectivity index (χ1n) is 4.77. The van der Waals surface area contributed by atoms with E-state index in [0.717, 1.165) is 0 Å². The number of carbonyl (C=O) groups is 2. The van der Waals surface area contributed by atoms with Crippen LogP contribution in [0.15, 0.2) is 47.3 Å². The number of rotatable bonds is 2. The third-order valence-electron chi connectivity index (χ3n) is 2.10. The van der Waals surface area contributed by atoms with Gasteiger partial charge in [0.05, 0.1) is 6.26 Å². The molecule has 0 aromatic carbocycles. The fourth-order valence-corrected chi connectivity index (χ4v) is 1.24. The minimum Gasteiger partial charge on any atom is -0.459 e. The number of hydrazine groups is 1. The molecule has 0 aliphatic rings. The van der Waals surface area contributed by atoms with Crippen molar-refractivity contribution in [1.29, 1.82) is 0 Å². The van der Waals surface area contributed by atoms with Crippen LogP contribution in [0.1, 0.15) is 20.9 Å². The minimum absolute atomic E-state index is 0.00917. The summed E-state index contributed by atoms with van der Waals surface area (Å²) in [6.45, 7) is 0. The number of carbonyl (C=O) groups excluding carboxylic acids is 2. The molecule has 6 nitrogen and oxygen atoms in total. The zero-order chi connectivity index (χ0) is 12.3. The van der Waals surface area contributed by atoms with Gasteiger partial charge in [-0.05, 0) is 24.3 Å². The summed E-state index contributed by atoms with van der Waals surface area (Å²) in [7, 11) is 0. The topological polar surface area (TPSA) is 89.4 Å². The second-order valence-electron chi connectivity index (χ2n) is 3.19. The quantitative estimate of drug-likeness (QED) is 0.358. The van der Waals surface area contributed by atoms with Gasteiger partial charge in [0.25, 0.3) is 5.91 Å². The number of aromatic nitrogens is 1. The highest BCUT2D eigenvalue weighted by atomic mass is 16.3.